The molecule has 1 aromatic carbocycles. The molecule has 2 fully saturated rings. The van der Waals surface area contributed by atoms with E-state index < -0.39 is 0 Å². The van der Waals surface area contributed by atoms with E-state index >= 15 is 0 Å². The van der Waals surface area contributed by atoms with Gasteiger partial charge in [0.25, 0.3) is 0 Å². The third kappa shape index (κ3) is 2.81. The normalized spacial score (nSPS) is 25.3. The highest BCUT2D eigenvalue weighted by molar-refractivity contribution is 5.53. The molecular weight excluding hydrogens is 274 g/mol. The minimum Gasteiger partial charge on any atom is -0.444 e. The lowest BCUT2D eigenvalue weighted by atomic mass is 9.89. The van der Waals surface area contributed by atoms with E-state index in [1.54, 1.807) is 0 Å². The maximum atomic E-state index is 5.67. The van der Waals surface area contributed by atoms with Gasteiger partial charge in [-0.25, -0.2) is 4.98 Å². The van der Waals surface area contributed by atoms with E-state index in [9.17, 15) is 0 Å². The summed E-state index contributed by atoms with van der Waals surface area (Å²) in [6, 6.07) is 8.33. The van der Waals surface area contributed by atoms with Gasteiger partial charge in [0.2, 0.25) is 5.89 Å². The molecule has 0 saturated carbocycles. The zero-order valence-corrected chi connectivity index (χ0v) is 13.1. The van der Waals surface area contributed by atoms with Gasteiger partial charge in [0, 0.05) is 18.7 Å². The first-order valence-electron chi connectivity index (χ1n) is 8.22. The second-order valence-electron chi connectivity index (χ2n) is 6.71. The molecule has 2 aromatic rings. The fraction of sp³-hybridized carbons (Fsp3) is 0.500. The van der Waals surface area contributed by atoms with Crippen LogP contribution in [0.2, 0.25) is 0 Å². The second-order valence-corrected chi connectivity index (χ2v) is 6.71. The smallest absolute Gasteiger partial charge is 0.226 e. The van der Waals surface area contributed by atoms with Gasteiger partial charge in [-0.1, -0.05) is 17.7 Å². The van der Waals surface area contributed by atoms with E-state index in [-0.39, 0.29) is 0 Å². The topological polar surface area (TPSA) is 41.3 Å². The number of hydrogen-bond donors (Lipinski definition) is 1. The van der Waals surface area contributed by atoms with Crippen molar-refractivity contribution in [2.24, 2.45) is 11.8 Å². The van der Waals surface area contributed by atoms with Crippen LogP contribution in [0.5, 0.6) is 0 Å². The number of aryl methyl sites for hydroxylation is 1. The van der Waals surface area contributed by atoms with E-state index in [4.69, 9.17) is 4.42 Å². The Morgan fingerprint density at radius 1 is 1.23 bits per heavy atom. The molecule has 0 amide bonds. The largest absolute Gasteiger partial charge is 0.444 e. The fourth-order valence-corrected chi connectivity index (χ4v) is 3.69. The van der Waals surface area contributed by atoms with Gasteiger partial charge in [-0.05, 0) is 56.9 Å². The SMILES string of the molecule is Cc1ccc(-c2nc(CN3CCC4CNCC4C3)co2)cc1. The number of oxazole rings is 1. The minimum atomic E-state index is 0.729. The van der Waals surface area contributed by atoms with Crippen LogP contribution in [0.1, 0.15) is 17.7 Å². The minimum absolute atomic E-state index is 0.729. The molecule has 0 bridgehead atoms. The molecule has 0 radical (unpaired) electrons. The molecule has 2 aliphatic heterocycles. The first-order valence-corrected chi connectivity index (χ1v) is 8.22. The molecule has 2 unspecified atom stereocenters. The van der Waals surface area contributed by atoms with Crippen LogP contribution in [0.4, 0.5) is 0 Å². The molecular formula is C18H23N3O. The highest BCUT2D eigenvalue weighted by atomic mass is 16.3. The van der Waals surface area contributed by atoms with Gasteiger partial charge in [-0.3, -0.25) is 4.90 Å². The monoisotopic (exact) mass is 297 g/mol. The number of fused-ring (bicyclic) bond motifs is 1. The van der Waals surface area contributed by atoms with Gasteiger partial charge in [0.1, 0.15) is 6.26 Å². The van der Waals surface area contributed by atoms with Crippen LogP contribution in [0.15, 0.2) is 34.9 Å². The lowest BCUT2D eigenvalue weighted by Crippen LogP contribution is -2.39. The third-order valence-electron chi connectivity index (χ3n) is 5.02. The van der Waals surface area contributed by atoms with Crippen LogP contribution in [0.3, 0.4) is 0 Å². The summed E-state index contributed by atoms with van der Waals surface area (Å²) in [5, 5.41) is 3.52. The summed E-state index contributed by atoms with van der Waals surface area (Å²) in [4.78, 5) is 7.18. The molecule has 2 saturated heterocycles. The van der Waals surface area contributed by atoms with Crippen molar-refractivity contribution in [3.05, 3.63) is 41.8 Å². The third-order valence-corrected chi connectivity index (χ3v) is 5.02. The van der Waals surface area contributed by atoms with Gasteiger partial charge < -0.3 is 9.73 Å². The van der Waals surface area contributed by atoms with Crippen molar-refractivity contribution >= 4 is 0 Å². The van der Waals surface area contributed by atoms with E-state index in [1.807, 2.05) is 6.26 Å². The van der Waals surface area contributed by atoms with Crippen molar-refractivity contribution in [3.63, 3.8) is 0 Å². The van der Waals surface area contributed by atoms with E-state index in [0.717, 1.165) is 35.5 Å². The summed E-state index contributed by atoms with van der Waals surface area (Å²) in [5.41, 5.74) is 3.35. The number of piperidine rings is 1. The number of nitrogens with one attached hydrogen (secondary N) is 1. The van der Waals surface area contributed by atoms with Crippen LogP contribution in [-0.2, 0) is 6.54 Å². The predicted molar refractivity (Wildman–Crippen MR) is 86.4 cm³/mol. The average Bonchev–Trinajstić information content (AvgIpc) is 3.17. The maximum Gasteiger partial charge on any atom is 0.226 e. The Bertz CT molecular complexity index is 634. The first kappa shape index (κ1) is 14.0. The molecule has 4 nitrogen and oxygen atoms in total. The molecule has 116 valence electrons. The zero-order chi connectivity index (χ0) is 14.9. The fourth-order valence-electron chi connectivity index (χ4n) is 3.69. The lowest BCUT2D eigenvalue weighted by molar-refractivity contribution is 0.141. The molecule has 0 spiro atoms. The quantitative estimate of drug-likeness (QED) is 0.946. The molecule has 22 heavy (non-hydrogen) atoms. The van der Waals surface area contributed by atoms with Crippen molar-refractivity contribution in [2.45, 2.75) is 19.9 Å². The van der Waals surface area contributed by atoms with Gasteiger partial charge in [-0.2, -0.15) is 0 Å². The van der Waals surface area contributed by atoms with Crippen LogP contribution in [-0.4, -0.2) is 36.1 Å². The standard InChI is InChI=1S/C18H23N3O/c1-13-2-4-14(5-3-13)18-20-17(12-22-18)11-21-7-6-15-8-19-9-16(15)10-21/h2-5,12,15-16,19H,6-11H2,1H3. The maximum absolute atomic E-state index is 5.67. The summed E-state index contributed by atoms with van der Waals surface area (Å²) < 4.78 is 5.67. The predicted octanol–water partition coefficient (Wildman–Crippen LogP) is 2.69. The van der Waals surface area contributed by atoms with Crippen molar-refractivity contribution in [2.75, 3.05) is 26.2 Å². The average molecular weight is 297 g/mol. The Morgan fingerprint density at radius 3 is 2.91 bits per heavy atom. The molecule has 1 N–H and O–H groups in total. The Morgan fingerprint density at radius 2 is 2.05 bits per heavy atom. The van der Waals surface area contributed by atoms with Crippen LogP contribution < -0.4 is 5.32 Å². The summed E-state index contributed by atoms with van der Waals surface area (Å²) in [6.45, 7) is 7.74. The summed E-state index contributed by atoms with van der Waals surface area (Å²) in [6.07, 6.45) is 3.12. The van der Waals surface area contributed by atoms with Crippen molar-refractivity contribution < 1.29 is 4.42 Å². The number of nitrogens with zero attached hydrogens (tertiary/aromatic N) is 2. The van der Waals surface area contributed by atoms with E-state index in [0.29, 0.717) is 0 Å². The lowest BCUT2D eigenvalue weighted by Gasteiger charge is -2.33. The highest BCUT2D eigenvalue weighted by Crippen LogP contribution is 2.27. The number of rotatable bonds is 3. The van der Waals surface area contributed by atoms with E-state index in [2.05, 4.69) is 46.4 Å². The number of benzene rings is 1. The summed E-state index contributed by atoms with van der Waals surface area (Å²) >= 11 is 0. The zero-order valence-electron chi connectivity index (χ0n) is 13.1. The summed E-state index contributed by atoms with van der Waals surface area (Å²) in [5.74, 6) is 2.43. The number of aromatic nitrogens is 1. The Kier molecular flexibility index (Phi) is 3.72. The second kappa shape index (κ2) is 5.86. The van der Waals surface area contributed by atoms with E-state index in [1.165, 1.54) is 38.2 Å². The summed E-state index contributed by atoms with van der Waals surface area (Å²) in [7, 11) is 0. The van der Waals surface area contributed by atoms with Gasteiger partial charge in [-0.15, -0.1) is 0 Å². The number of hydrogen-bond acceptors (Lipinski definition) is 4. The highest BCUT2D eigenvalue weighted by Gasteiger charge is 2.32. The van der Waals surface area contributed by atoms with Gasteiger partial charge in [0.15, 0.2) is 0 Å². The van der Waals surface area contributed by atoms with Crippen LogP contribution >= 0.6 is 0 Å². The molecule has 4 heteroatoms. The Labute approximate surface area is 131 Å². The van der Waals surface area contributed by atoms with Crippen molar-refractivity contribution in [3.8, 4) is 11.5 Å². The molecule has 2 aliphatic rings. The van der Waals surface area contributed by atoms with Crippen molar-refractivity contribution in [1.82, 2.24) is 15.2 Å². The van der Waals surface area contributed by atoms with Gasteiger partial charge in [0.05, 0.1) is 5.69 Å². The van der Waals surface area contributed by atoms with Crippen LogP contribution in [0.25, 0.3) is 11.5 Å². The number of likely N-dealkylation sites (tertiary alicyclic amines) is 1. The Hall–Kier alpha value is -1.65. The molecule has 1 aromatic heterocycles. The molecule has 3 heterocycles. The molecule has 4 rings (SSSR count). The Balaban J connectivity index is 1.42. The van der Waals surface area contributed by atoms with Crippen LogP contribution in [0, 0.1) is 18.8 Å². The van der Waals surface area contributed by atoms with Crippen molar-refractivity contribution in [1.29, 1.82) is 0 Å². The molecule has 2 atom stereocenters. The first-order chi connectivity index (χ1) is 10.8. The van der Waals surface area contributed by atoms with Gasteiger partial charge >= 0.3 is 0 Å². The molecule has 0 aliphatic carbocycles.